The number of carbonyl (C=O) groups is 1. The molecule has 4 aromatic rings. The fourth-order valence-corrected chi connectivity index (χ4v) is 4.05. The number of nitrogens with zero attached hydrogens (tertiary/aromatic N) is 3. The number of fused-ring (bicyclic) bond motifs is 1. The summed E-state index contributed by atoms with van der Waals surface area (Å²) in [6, 6.07) is 16.4. The number of hydrogen-bond acceptors (Lipinski definition) is 5. The number of unbranched alkanes of at least 4 members (excludes halogenated alkanes) is 1. The molecule has 2 heterocycles. The van der Waals surface area contributed by atoms with Crippen molar-refractivity contribution in [1.82, 2.24) is 20.3 Å². The van der Waals surface area contributed by atoms with Gasteiger partial charge in [-0.2, -0.15) is 13.2 Å². The Kier molecular flexibility index (Phi) is 8.13. The van der Waals surface area contributed by atoms with E-state index in [-0.39, 0.29) is 12.5 Å². The van der Waals surface area contributed by atoms with E-state index in [9.17, 15) is 18.0 Å². The van der Waals surface area contributed by atoms with E-state index in [1.165, 1.54) is 12.1 Å². The number of pyridine rings is 1. The monoisotopic (exact) mass is 508 g/mol. The molecule has 0 spiro atoms. The summed E-state index contributed by atoms with van der Waals surface area (Å²) < 4.78 is 39.1. The largest absolute Gasteiger partial charge is 0.481 e. The molecule has 0 bridgehead atoms. The Morgan fingerprint density at radius 1 is 1.00 bits per heavy atom. The Hall–Kier alpha value is -3.85. The van der Waals surface area contributed by atoms with Crippen molar-refractivity contribution in [2.24, 2.45) is 0 Å². The first-order chi connectivity index (χ1) is 17.7. The molecular formula is C28H27F3N4O2. The van der Waals surface area contributed by atoms with E-state index < -0.39 is 17.7 Å². The van der Waals surface area contributed by atoms with Crippen LogP contribution in [-0.4, -0.2) is 26.0 Å². The van der Waals surface area contributed by atoms with Crippen LogP contribution in [0, 0.1) is 0 Å². The third-order valence-electron chi connectivity index (χ3n) is 6.08. The van der Waals surface area contributed by atoms with Gasteiger partial charge in [-0.1, -0.05) is 24.3 Å². The van der Waals surface area contributed by atoms with Crippen LogP contribution in [0.1, 0.15) is 54.7 Å². The first-order valence-electron chi connectivity index (χ1n) is 12.0. The van der Waals surface area contributed by atoms with Crippen molar-refractivity contribution in [2.45, 2.75) is 51.4 Å². The van der Waals surface area contributed by atoms with Gasteiger partial charge < -0.3 is 10.4 Å². The van der Waals surface area contributed by atoms with E-state index in [4.69, 9.17) is 15.1 Å². The molecule has 2 aromatic heterocycles. The van der Waals surface area contributed by atoms with Crippen LogP contribution in [0.4, 0.5) is 13.2 Å². The van der Waals surface area contributed by atoms with Crippen molar-refractivity contribution in [3.05, 3.63) is 89.4 Å². The van der Waals surface area contributed by atoms with Crippen molar-refractivity contribution in [2.75, 3.05) is 0 Å². The van der Waals surface area contributed by atoms with Crippen LogP contribution in [0.5, 0.6) is 0 Å². The minimum atomic E-state index is -4.42. The molecule has 1 atom stereocenters. The van der Waals surface area contributed by atoms with E-state index >= 15 is 0 Å². The van der Waals surface area contributed by atoms with Crippen molar-refractivity contribution in [1.29, 1.82) is 0 Å². The van der Waals surface area contributed by atoms with Gasteiger partial charge >= 0.3 is 12.1 Å². The summed E-state index contributed by atoms with van der Waals surface area (Å²) in [7, 11) is 0. The van der Waals surface area contributed by atoms with Gasteiger partial charge in [0.2, 0.25) is 0 Å². The summed E-state index contributed by atoms with van der Waals surface area (Å²) in [5, 5.41) is 12.4. The van der Waals surface area contributed by atoms with E-state index in [0.717, 1.165) is 23.4 Å². The van der Waals surface area contributed by atoms with Crippen LogP contribution in [0.3, 0.4) is 0 Å². The second-order valence-electron chi connectivity index (χ2n) is 8.88. The van der Waals surface area contributed by atoms with Crippen LogP contribution < -0.4 is 5.32 Å². The van der Waals surface area contributed by atoms with Gasteiger partial charge in [-0.15, -0.1) is 0 Å². The summed E-state index contributed by atoms with van der Waals surface area (Å²) in [4.78, 5) is 24.8. The summed E-state index contributed by atoms with van der Waals surface area (Å²) in [5.41, 5.74) is 4.18. The molecule has 0 fully saturated rings. The number of alkyl halides is 3. The smallest absolute Gasteiger partial charge is 0.416 e. The number of rotatable bonds is 10. The summed E-state index contributed by atoms with van der Waals surface area (Å²) >= 11 is 0. The molecule has 6 nitrogen and oxygen atoms in total. The molecular weight excluding hydrogens is 481 g/mol. The van der Waals surface area contributed by atoms with Crippen molar-refractivity contribution in [3.63, 3.8) is 0 Å². The number of aliphatic carboxylic acids is 1. The molecule has 0 aliphatic carbocycles. The van der Waals surface area contributed by atoms with Gasteiger partial charge in [0.05, 0.1) is 33.7 Å². The summed E-state index contributed by atoms with van der Waals surface area (Å²) in [6.45, 7) is 2.62. The molecule has 0 aliphatic rings. The number of carboxylic acid groups (broad SMARTS) is 1. The number of hydrogen-bond donors (Lipinski definition) is 2. The quantitative estimate of drug-likeness (QED) is 0.243. The third kappa shape index (κ3) is 6.89. The van der Waals surface area contributed by atoms with Crippen LogP contribution >= 0.6 is 0 Å². The van der Waals surface area contributed by atoms with Crippen LogP contribution in [-0.2, 0) is 23.9 Å². The van der Waals surface area contributed by atoms with Crippen molar-refractivity contribution >= 4 is 17.0 Å². The molecule has 0 aliphatic heterocycles. The molecule has 2 N–H and O–H groups in total. The zero-order valence-corrected chi connectivity index (χ0v) is 20.3. The Labute approximate surface area is 212 Å². The van der Waals surface area contributed by atoms with E-state index in [2.05, 4.69) is 10.3 Å². The van der Waals surface area contributed by atoms with Crippen LogP contribution in [0.2, 0.25) is 0 Å². The fourth-order valence-electron chi connectivity index (χ4n) is 4.05. The van der Waals surface area contributed by atoms with Crippen LogP contribution in [0.25, 0.3) is 22.3 Å². The number of benzene rings is 2. The lowest BCUT2D eigenvalue weighted by molar-refractivity contribution is -0.138. The number of aryl methyl sites for hydroxylation is 1. The first-order valence-corrected chi connectivity index (χ1v) is 12.0. The minimum Gasteiger partial charge on any atom is -0.481 e. The van der Waals surface area contributed by atoms with Gasteiger partial charge in [-0.3, -0.25) is 9.78 Å². The molecule has 0 radical (unpaired) electrons. The lowest BCUT2D eigenvalue weighted by Crippen LogP contribution is -2.19. The lowest BCUT2D eigenvalue weighted by Gasteiger charge is -2.14. The zero-order chi connectivity index (χ0) is 26.4. The summed E-state index contributed by atoms with van der Waals surface area (Å²) in [6.07, 6.45) is -1.12. The molecule has 9 heteroatoms. The third-order valence-corrected chi connectivity index (χ3v) is 6.08. The van der Waals surface area contributed by atoms with Gasteiger partial charge in [0.15, 0.2) is 0 Å². The maximum absolute atomic E-state index is 13.0. The fraction of sp³-hybridized carbons (Fsp3) is 0.286. The lowest BCUT2D eigenvalue weighted by atomic mass is 10.0. The predicted molar refractivity (Wildman–Crippen MR) is 135 cm³/mol. The molecule has 37 heavy (non-hydrogen) atoms. The highest BCUT2D eigenvalue weighted by molar-refractivity contribution is 5.79. The molecule has 0 saturated heterocycles. The molecule has 0 saturated carbocycles. The summed E-state index contributed by atoms with van der Waals surface area (Å²) in [5.74, 6) is -0.871. The molecule has 0 unspecified atom stereocenters. The van der Waals surface area contributed by atoms with Crippen molar-refractivity contribution in [3.8, 4) is 11.3 Å². The second kappa shape index (κ2) is 11.5. The molecule has 2 aromatic carbocycles. The van der Waals surface area contributed by atoms with Gasteiger partial charge in [-0.05, 0) is 68.1 Å². The highest BCUT2D eigenvalue weighted by Gasteiger charge is 2.30. The SMILES string of the molecule is C[C@H](NCc1ccc2nc(-c3ccc(C(F)(F)F)cc3)c(CCCCC(=O)O)nc2c1)c1ccccn1. The van der Waals surface area contributed by atoms with E-state index in [0.29, 0.717) is 53.8 Å². The Balaban J connectivity index is 1.61. The van der Waals surface area contributed by atoms with Crippen molar-refractivity contribution < 1.29 is 23.1 Å². The Morgan fingerprint density at radius 2 is 1.78 bits per heavy atom. The predicted octanol–water partition coefficient (Wildman–Crippen LogP) is 6.36. The van der Waals surface area contributed by atoms with Crippen LogP contribution in [0.15, 0.2) is 66.9 Å². The number of carboxylic acids is 1. The van der Waals surface area contributed by atoms with Gasteiger partial charge in [0, 0.05) is 30.8 Å². The van der Waals surface area contributed by atoms with Gasteiger partial charge in [-0.25, -0.2) is 9.97 Å². The maximum atomic E-state index is 13.0. The number of aromatic nitrogens is 3. The highest BCUT2D eigenvalue weighted by Crippen LogP contribution is 2.32. The second-order valence-corrected chi connectivity index (χ2v) is 8.88. The number of nitrogens with one attached hydrogen (secondary N) is 1. The molecule has 0 amide bonds. The van der Waals surface area contributed by atoms with E-state index in [1.54, 1.807) is 6.20 Å². The average Bonchev–Trinajstić information content (AvgIpc) is 2.89. The van der Waals surface area contributed by atoms with E-state index in [1.807, 2.05) is 43.3 Å². The van der Waals surface area contributed by atoms with Gasteiger partial charge in [0.1, 0.15) is 0 Å². The maximum Gasteiger partial charge on any atom is 0.416 e. The standard InChI is InChI=1S/C28H27F3N4O2/c1-18(22-6-4-5-15-32-22)33-17-19-9-14-23-25(16-19)34-24(7-2-3-8-26(36)37)27(35-23)20-10-12-21(13-11-20)28(29,30)31/h4-6,9-16,18,33H,2-3,7-8,17H2,1H3,(H,36,37)/t18-/m0/s1. The zero-order valence-electron chi connectivity index (χ0n) is 20.3. The Bertz CT molecular complexity index is 1360. The topological polar surface area (TPSA) is 88.0 Å². The minimum absolute atomic E-state index is 0.0426. The average molecular weight is 509 g/mol. The van der Waals surface area contributed by atoms with Gasteiger partial charge in [0.25, 0.3) is 0 Å². The number of halogens is 3. The normalized spacial score (nSPS) is 12.5. The molecule has 4 rings (SSSR count). The Morgan fingerprint density at radius 3 is 2.46 bits per heavy atom. The molecule has 192 valence electrons. The first kappa shape index (κ1) is 26.2. The highest BCUT2D eigenvalue weighted by atomic mass is 19.4.